The molecule has 0 N–H and O–H groups in total. The van der Waals surface area contributed by atoms with Gasteiger partial charge in [0.1, 0.15) is 0 Å². The van der Waals surface area contributed by atoms with Gasteiger partial charge in [-0.05, 0) is 18.2 Å². The third-order valence-electron chi connectivity index (χ3n) is 4.00. The van der Waals surface area contributed by atoms with Crippen molar-refractivity contribution in [2.75, 3.05) is 26.0 Å². The van der Waals surface area contributed by atoms with Crippen LogP contribution in [0.5, 0.6) is 0 Å². The van der Waals surface area contributed by atoms with Crippen LogP contribution < -0.4 is 0 Å². The summed E-state index contributed by atoms with van der Waals surface area (Å²) in [6.45, 7) is 0.615. The number of sulfone groups is 1. The summed E-state index contributed by atoms with van der Waals surface area (Å²) in [5.74, 6) is 0. The highest BCUT2D eigenvalue weighted by Gasteiger charge is 2.32. The van der Waals surface area contributed by atoms with Crippen LogP contribution in [0.25, 0.3) is 0 Å². The molecule has 0 amide bonds. The van der Waals surface area contributed by atoms with Crippen LogP contribution in [0.2, 0.25) is 0 Å². The zero-order valence-electron chi connectivity index (χ0n) is 13.9. The summed E-state index contributed by atoms with van der Waals surface area (Å²) in [5, 5.41) is 4.08. The van der Waals surface area contributed by atoms with Gasteiger partial charge in [0.05, 0.1) is 28.7 Å². The number of ether oxygens (including phenoxy) is 1. The van der Waals surface area contributed by atoms with Crippen molar-refractivity contribution in [1.29, 1.82) is 0 Å². The first-order valence-electron chi connectivity index (χ1n) is 7.58. The smallest absolute Gasteiger partial charge is 0.243 e. The first kappa shape index (κ1) is 18.1. The lowest BCUT2D eigenvalue weighted by atomic mass is 10.2. The minimum Gasteiger partial charge on any atom is -0.371 e. The van der Waals surface area contributed by atoms with Crippen molar-refractivity contribution in [2.24, 2.45) is 7.05 Å². The van der Waals surface area contributed by atoms with E-state index >= 15 is 0 Å². The molecule has 0 spiro atoms. The molecule has 1 saturated heterocycles. The lowest BCUT2D eigenvalue weighted by Gasteiger charge is -2.31. The van der Waals surface area contributed by atoms with Crippen LogP contribution in [0, 0.1) is 0 Å². The maximum absolute atomic E-state index is 12.9. The normalized spacial score (nSPS) is 19.8. The molecule has 2 aromatic rings. The third kappa shape index (κ3) is 3.76. The van der Waals surface area contributed by atoms with Crippen LogP contribution >= 0.6 is 0 Å². The Labute approximate surface area is 147 Å². The van der Waals surface area contributed by atoms with Crippen molar-refractivity contribution in [3.63, 3.8) is 0 Å². The summed E-state index contributed by atoms with van der Waals surface area (Å²) in [7, 11) is -5.53. The van der Waals surface area contributed by atoms with E-state index in [4.69, 9.17) is 4.74 Å². The number of benzene rings is 1. The molecule has 1 fully saturated rings. The Hall–Kier alpha value is -1.75. The van der Waals surface area contributed by atoms with Gasteiger partial charge >= 0.3 is 0 Å². The number of hydrogen-bond donors (Lipinski definition) is 0. The fraction of sp³-hybridized carbons (Fsp3) is 0.400. The summed E-state index contributed by atoms with van der Waals surface area (Å²) in [4.78, 5) is -0.0621. The van der Waals surface area contributed by atoms with Crippen LogP contribution in [0.4, 0.5) is 0 Å². The average molecular weight is 385 g/mol. The molecule has 10 heteroatoms. The fourth-order valence-electron chi connectivity index (χ4n) is 2.67. The molecule has 1 aromatic heterocycles. The lowest BCUT2D eigenvalue weighted by Crippen LogP contribution is -2.42. The highest BCUT2D eigenvalue weighted by atomic mass is 32.2. The van der Waals surface area contributed by atoms with E-state index < -0.39 is 26.0 Å². The van der Waals surface area contributed by atoms with Gasteiger partial charge in [0.25, 0.3) is 0 Å². The molecule has 0 bridgehead atoms. The molecular weight excluding hydrogens is 366 g/mol. The molecular formula is C15H19N3O5S2. The Balaban J connectivity index is 1.89. The second-order valence-electron chi connectivity index (χ2n) is 5.92. The van der Waals surface area contributed by atoms with Gasteiger partial charge in [-0.2, -0.15) is 9.40 Å². The number of nitrogens with zero attached hydrogens (tertiary/aromatic N) is 3. The topological polar surface area (TPSA) is 98.6 Å². The summed E-state index contributed by atoms with van der Waals surface area (Å²) < 4.78 is 57.8. The largest absolute Gasteiger partial charge is 0.371 e. The quantitative estimate of drug-likeness (QED) is 0.764. The van der Waals surface area contributed by atoms with E-state index in [-0.39, 0.29) is 29.5 Å². The molecule has 1 unspecified atom stereocenters. The minimum absolute atomic E-state index is 0.0226. The molecule has 2 heterocycles. The summed E-state index contributed by atoms with van der Waals surface area (Å²) >= 11 is 0. The molecule has 25 heavy (non-hydrogen) atoms. The van der Waals surface area contributed by atoms with Crippen LogP contribution in [0.15, 0.2) is 46.5 Å². The fourth-order valence-corrected chi connectivity index (χ4v) is 4.88. The standard InChI is InChI=1S/C15H19N3O5S2/c1-17-10-12(9-16-17)15-11-18(6-7-23-15)25(21,22)14-5-3-4-13(8-14)24(2,19)20/h3-5,8-10,15H,6-7,11H2,1-2H3. The van der Waals surface area contributed by atoms with Crippen molar-refractivity contribution < 1.29 is 21.6 Å². The highest BCUT2D eigenvalue weighted by Crippen LogP contribution is 2.27. The third-order valence-corrected chi connectivity index (χ3v) is 6.97. The molecule has 136 valence electrons. The molecule has 0 radical (unpaired) electrons. The van der Waals surface area contributed by atoms with E-state index in [0.717, 1.165) is 11.8 Å². The highest BCUT2D eigenvalue weighted by molar-refractivity contribution is 7.91. The molecule has 8 nitrogen and oxygen atoms in total. The summed E-state index contributed by atoms with van der Waals surface area (Å²) in [6, 6.07) is 5.41. The van der Waals surface area contributed by atoms with E-state index in [1.165, 1.54) is 28.6 Å². The van der Waals surface area contributed by atoms with Gasteiger partial charge in [-0.1, -0.05) is 6.07 Å². The monoisotopic (exact) mass is 385 g/mol. The Morgan fingerprint density at radius 3 is 2.56 bits per heavy atom. The van der Waals surface area contributed by atoms with Gasteiger partial charge in [0, 0.05) is 38.2 Å². The van der Waals surface area contributed by atoms with Crippen molar-refractivity contribution in [1.82, 2.24) is 14.1 Å². The molecule has 1 aliphatic heterocycles. The number of aromatic nitrogens is 2. The Morgan fingerprint density at radius 2 is 1.92 bits per heavy atom. The molecule has 3 rings (SSSR count). The molecule has 1 atom stereocenters. The number of hydrogen-bond acceptors (Lipinski definition) is 6. The molecule has 1 aliphatic rings. The van der Waals surface area contributed by atoms with Crippen LogP contribution in [-0.4, -0.2) is 56.9 Å². The SMILES string of the molecule is Cn1cc(C2CN(S(=O)(=O)c3cccc(S(C)(=O)=O)c3)CCO2)cn1. The Morgan fingerprint density at radius 1 is 1.20 bits per heavy atom. The second kappa shape index (κ2) is 6.52. The van der Waals surface area contributed by atoms with Crippen LogP contribution in [-0.2, 0) is 31.6 Å². The average Bonchev–Trinajstić information content (AvgIpc) is 3.01. The van der Waals surface area contributed by atoms with Crippen molar-refractivity contribution >= 4 is 19.9 Å². The maximum Gasteiger partial charge on any atom is 0.243 e. The Bertz CT molecular complexity index is 982. The van der Waals surface area contributed by atoms with Gasteiger partial charge in [-0.15, -0.1) is 0 Å². The van der Waals surface area contributed by atoms with Crippen molar-refractivity contribution in [3.05, 3.63) is 42.2 Å². The summed E-state index contributed by atoms with van der Waals surface area (Å²) in [5.41, 5.74) is 0.798. The maximum atomic E-state index is 12.9. The number of aryl methyl sites for hydroxylation is 1. The molecule has 0 saturated carbocycles. The first-order valence-corrected chi connectivity index (χ1v) is 10.9. The van der Waals surface area contributed by atoms with Gasteiger partial charge in [-0.3, -0.25) is 4.68 Å². The zero-order chi connectivity index (χ0) is 18.2. The van der Waals surface area contributed by atoms with Crippen molar-refractivity contribution in [3.8, 4) is 0 Å². The van der Waals surface area contributed by atoms with E-state index in [0.29, 0.717) is 0 Å². The number of sulfonamides is 1. The first-order chi connectivity index (χ1) is 11.7. The van der Waals surface area contributed by atoms with Gasteiger partial charge in [0.15, 0.2) is 9.84 Å². The number of rotatable bonds is 4. The zero-order valence-corrected chi connectivity index (χ0v) is 15.5. The van der Waals surface area contributed by atoms with Gasteiger partial charge in [0.2, 0.25) is 10.0 Å². The van der Waals surface area contributed by atoms with Crippen LogP contribution in [0.3, 0.4) is 0 Å². The predicted molar refractivity (Wildman–Crippen MR) is 90.2 cm³/mol. The minimum atomic E-state index is -3.82. The number of morpholine rings is 1. The van der Waals surface area contributed by atoms with E-state index in [1.807, 2.05) is 0 Å². The van der Waals surface area contributed by atoms with Gasteiger partial charge in [-0.25, -0.2) is 16.8 Å². The van der Waals surface area contributed by atoms with Crippen molar-refractivity contribution in [2.45, 2.75) is 15.9 Å². The summed E-state index contributed by atoms with van der Waals surface area (Å²) in [6.07, 6.45) is 4.07. The predicted octanol–water partition coefficient (Wildman–Crippen LogP) is 0.586. The second-order valence-corrected chi connectivity index (χ2v) is 9.87. The van der Waals surface area contributed by atoms with Gasteiger partial charge < -0.3 is 4.74 Å². The van der Waals surface area contributed by atoms with E-state index in [1.54, 1.807) is 24.1 Å². The molecule has 1 aromatic carbocycles. The van der Waals surface area contributed by atoms with E-state index in [2.05, 4.69) is 5.10 Å². The van der Waals surface area contributed by atoms with Crippen LogP contribution in [0.1, 0.15) is 11.7 Å². The Kier molecular flexibility index (Phi) is 4.71. The molecule has 0 aliphatic carbocycles. The lowest BCUT2D eigenvalue weighted by molar-refractivity contribution is -0.00259. The van der Waals surface area contributed by atoms with E-state index in [9.17, 15) is 16.8 Å².